The van der Waals surface area contributed by atoms with Gasteiger partial charge in [-0.3, -0.25) is 18.3 Å². The smallest absolute Gasteiger partial charge is 0.310 e. The number of hydrogen-bond donors (Lipinski definition) is 0. The summed E-state index contributed by atoms with van der Waals surface area (Å²) in [5.41, 5.74) is 5.49. The summed E-state index contributed by atoms with van der Waals surface area (Å²) in [6.07, 6.45) is 1.92. The number of benzene rings is 2. The topological polar surface area (TPSA) is 66.2 Å². The molecule has 32 heavy (non-hydrogen) atoms. The number of fused-ring (bicyclic) bond motifs is 3. The Balaban J connectivity index is 1.73. The Kier molecular flexibility index (Phi) is 4.62. The first-order valence-corrected chi connectivity index (χ1v) is 10.6. The van der Waals surface area contributed by atoms with Gasteiger partial charge in [-0.25, -0.2) is 4.79 Å². The molecule has 7 heteroatoms. The highest BCUT2D eigenvalue weighted by molar-refractivity contribution is 5.75. The number of nitrogens with zero attached hydrogens (tertiary/aromatic N) is 5. The lowest BCUT2D eigenvalue weighted by Crippen LogP contribution is -2.39. The van der Waals surface area contributed by atoms with E-state index in [2.05, 4.69) is 23.6 Å². The standard InChI is InChI=1S/C25H25N5O2/c1-16-9-5-7-11-19(16)14-28-18(3)13-29-21-22(26-24(28)29)27(4)25(32)30(23(21)31)15-20-12-8-6-10-17(20)2/h5-13H,14-15H2,1-4H3. The van der Waals surface area contributed by atoms with Crippen LogP contribution < -0.4 is 11.2 Å². The van der Waals surface area contributed by atoms with Gasteiger partial charge in [-0.1, -0.05) is 48.5 Å². The van der Waals surface area contributed by atoms with E-state index in [1.54, 1.807) is 7.05 Å². The molecule has 0 aliphatic carbocycles. The lowest BCUT2D eigenvalue weighted by Gasteiger charge is -2.10. The fourth-order valence-electron chi connectivity index (χ4n) is 4.31. The molecule has 3 heterocycles. The Bertz CT molecular complexity index is 1610. The highest BCUT2D eigenvalue weighted by Gasteiger charge is 2.20. The van der Waals surface area contributed by atoms with Crippen molar-refractivity contribution in [3.63, 3.8) is 0 Å². The third-order valence-electron chi connectivity index (χ3n) is 6.32. The number of rotatable bonds is 4. The fraction of sp³-hybridized carbons (Fsp3) is 0.240. The van der Waals surface area contributed by atoms with Gasteiger partial charge < -0.3 is 4.57 Å². The highest BCUT2D eigenvalue weighted by atomic mass is 16.2. The first-order chi connectivity index (χ1) is 15.4. The van der Waals surface area contributed by atoms with Gasteiger partial charge in [-0.05, 0) is 43.0 Å². The van der Waals surface area contributed by atoms with Gasteiger partial charge in [0.25, 0.3) is 5.56 Å². The van der Waals surface area contributed by atoms with Crippen LogP contribution in [-0.4, -0.2) is 23.1 Å². The van der Waals surface area contributed by atoms with Crippen molar-refractivity contribution in [3.8, 4) is 0 Å². The zero-order valence-corrected chi connectivity index (χ0v) is 18.7. The summed E-state index contributed by atoms with van der Waals surface area (Å²) in [6.45, 7) is 6.94. The lowest BCUT2D eigenvalue weighted by atomic mass is 10.1. The van der Waals surface area contributed by atoms with E-state index >= 15 is 0 Å². The monoisotopic (exact) mass is 427 g/mol. The molecule has 0 spiro atoms. The van der Waals surface area contributed by atoms with Crippen molar-refractivity contribution in [1.29, 1.82) is 0 Å². The van der Waals surface area contributed by atoms with Crippen LogP contribution in [0.3, 0.4) is 0 Å². The third-order valence-corrected chi connectivity index (χ3v) is 6.32. The second kappa shape index (κ2) is 7.37. The van der Waals surface area contributed by atoms with E-state index in [4.69, 9.17) is 4.98 Å². The van der Waals surface area contributed by atoms with Gasteiger partial charge in [-0.15, -0.1) is 0 Å². The van der Waals surface area contributed by atoms with Gasteiger partial charge in [0.15, 0.2) is 11.2 Å². The minimum Gasteiger partial charge on any atom is -0.310 e. The number of imidazole rings is 2. The quantitative estimate of drug-likeness (QED) is 0.443. The average Bonchev–Trinajstić information content (AvgIpc) is 3.28. The predicted octanol–water partition coefficient (Wildman–Crippen LogP) is 3.17. The minimum atomic E-state index is -0.367. The molecule has 5 rings (SSSR count). The lowest BCUT2D eigenvalue weighted by molar-refractivity contribution is 0.654. The minimum absolute atomic E-state index is 0.226. The first kappa shape index (κ1) is 20.1. The molecule has 0 saturated carbocycles. The van der Waals surface area contributed by atoms with Gasteiger partial charge in [0.2, 0.25) is 5.78 Å². The molecule has 0 fully saturated rings. The fourth-order valence-corrected chi connectivity index (χ4v) is 4.31. The molecule has 0 radical (unpaired) electrons. The van der Waals surface area contributed by atoms with Crippen molar-refractivity contribution in [2.45, 2.75) is 33.9 Å². The van der Waals surface area contributed by atoms with Gasteiger partial charge in [0.05, 0.1) is 13.1 Å². The number of aryl methyl sites for hydroxylation is 4. The van der Waals surface area contributed by atoms with Crippen LogP contribution in [-0.2, 0) is 20.1 Å². The maximum absolute atomic E-state index is 13.5. The van der Waals surface area contributed by atoms with Crippen molar-refractivity contribution in [3.05, 3.63) is 104 Å². The van der Waals surface area contributed by atoms with Crippen molar-refractivity contribution >= 4 is 16.9 Å². The summed E-state index contributed by atoms with van der Waals surface area (Å²) in [6, 6.07) is 16.0. The molecule has 0 unspecified atom stereocenters. The van der Waals surface area contributed by atoms with Crippen molar-refractivity contribution < 1.29 is 0 Å². The maximum atomic E-state index is 13.5. The van der Waals surface area contributed by atoms with Crippen LogP contribution in [0, 0.1) is 20.8 Å². The summed E-state index contributed by atoms with van der Waals surface area (Å²) in [5.74, 6) is 0.654. The molecule has 0 atom stereocenters. The van der Waals surface area contributed by atoms with E-state index in [-0.39, 0.29) is 17.8 Å². The van der Waals surface area contributed by atoms with E-state index in [0.29, 0.717) is 23.5 Å². The molecule has 3 aromatic heterocycles. The Hall–Kier alpha value is -3.87. The van der Waals surface area contributed by atoms with E-state index in [1.165, 1.54) is 20.3 Å². The van der Waals surface area contributed by atoms with Gasteiger partial charge in [0, 0.05) is 18.9 Å². The predicted molar refractivity (Wildman–Crippen MR) is 125 cm³/mol. The van der Waals surface area contributed by atoms with Gasteiger partial charge in [0.1, 0.15) is 0 Å². The molecule has 0 saturated heterocycles. The van der Waals surface area contributed by atoms with Gasteiger partial charge >= 0.3 is 5.69 Å². The summed E-state index contributed by atoms with van der Waals surface area (Å²) in [7, 11) is 1.67. The summed E-state index contributed by atoms with van der Waals surface area (Å²) in [4.78, 5) is 31.3. The molecule has 162 valence electrons. The molecule has 0 aliphatic heterocycles. The van der Waals surface area contributed by atoms with Crippen LogP contribution >= 0.6 is 0 Å². The van der Waals surface area contributed by atoms with Crippen LogP contribution in [0.15, 0.2) is 64.3 Å². The van der Waals surface area contributed by atoms with Crippen LogP contribution in [0.4, 0.5) is 0 Å². The molecule has 0 amide bonds. The Labute approximate surface area is 184 Å². The molecule has 0 N–H and O–H groups in total. The first-order valence-electron chi connectivity index (χ1n) is 10.6. The third kappa shape index (κ3) is 3.00. The SMILES string of the molecule is Cc1ccccc1Cn1c(=O)c2c(nc3n(Cc4ccccc4C)c(C)cn23)n(C)c1=O. The van der Waals surface area contributed by atoms with E-state index < -0.39 is 0 Å². The van der Waals surface area contributed by atoms with Crippen molar-refractivity contribution in [2.24, 2.45) is 7.05 Å². The van der Waals surface area contributed by atoms with E-state index in [1.807, 2.05) is 60.8 Å². The van der Waals surface area contributed by atoms with Crippen LogP contribution in [0.1, 0.15) is 27.9 Å². The second-order valence-electron chi connectivity index (χ2n) is 8.40. The summed E-state index contributed by atoms with van der Waals surface area (Å²) < 4.78 is 6.67. The zero-order chi connectivity index (χ0) is 22.6. The normalized spacial score (nSPS) is 11.6. The van der Waals surface area contributed by atoms with Crippen molar-refractivity contribution in [2.75, 3.05) is 0 Å². The molecule has 7 nitrogen and oxygen atoms in total. The Morgan fingerprint density at radius 3 is 1.97 bits per heavy atom. The largest absolute Gasteiger partial charge is 0.332 e. The molecular formula is C25H25N5O2. The van der Waals surface area contributed by atoms with E-state index in [9.17, 15) is 9.59 Å². The Morgan fingerprint density at radius 1 is 0.812 bits per heavy atom. The van der Waals surface area contributed by atoms with Gasteiger partial charge in [-0.2, -0.15) is 4.98 Å². The number of aromatic nitrogens is 5. The van der Waals surface area contributed by atoms with Crippen LogP contribution in [0.5, 0.6) is 0 Å². The van der Waals surface area contributed by atoms with Crippen LogP contribution in [0.25, 0.3) is 16.9 Å². The second-order valence-corrected chi connectivity index (χ2v) is 8.40. The molecule has 0 aliphatic rings. The number of hydrogen-bond acceptors (Lipinski definition) is 3. The molecule has 2 aromatic carbocycles. The van der Waals surface area contributed by atoms with E-state index in [0.717, 1.165) is 16.8 Å². The summed E-state index contributed by atoms with van der Waals surface area (Å²) >= 11 is 0. The zero-order valence-electron chi connectivity index (χ0n) is 18.7. The average molecular weight is 428 g/mol. The molecular weight excluding hydrogens is 402 g/mol. The maximum Gasteiger partial charge on any atom is 0.332 e. The molecule has 0 bridgehead atoms. The van der Waals surface area contributed by atoms with Crippen LogP contribution in [0.2, 0.25) is 0 Å². The summed E-state index contributed by atoms with van der Waals surface area (Å²) in [5, 5.41) is 0. The van der Waals surface area contributed by atoms with Crippen molar-refractivity contribution in [1.82, 2.24) is 23.1 Å². The highest BCUT2D eigenvalue weighted by Crippen LogP contribution is 2.19. The Morgan fingerprint density at radius 2 is 1.38 bits per heavy atom. The molecule has 5 aromatic rings.